The van der Waals surface area contributed by atoms with Gasteiger partial charge < -0.3 is 16.0 Å². The Labute approximate surface area is 181 Å². The minimum atomic E-state index is 0. The first-order valence-corrected chi connectivity index (χ1v) is 10.0. The lowest BCUT2D eigenvalue weighted by Crippen LogP contribution is -2.42. The molecule has 1 amide bonds. The molecule has 2 unspecified atom stereocenters. The molecule has 0 spiro atoms. The maximum absolute atomic E-state index is 12.0. The van der Waals surface area contributed by atoms with Crippen LogP contribution < -0.4 is 16.0 Å². The molecule has 3 N–H and O–H groups in total. The smallest absolute Gasteiger partial charge is 0.225 e. The summed E-state index contributed by atoms with van der Waals surface area (Å²) in [6.45, 7) is 6.15. The molecule has 0 saturated carbocycles. The van der Waals surface area contributed by atoms with E-state index in [0.29, 0.717) is 18.9 Å². The van der Waals surface area contributed by atoms with Crippen LogP contribution in [0.3, 0.4) is 0 Å². The van der Waals surface area contributed by atoms with Crippen LogP contribution in [0.2, 0.25) is 0 Å². The van der Waals surface area contributed by atoms with E-state index in [9.17, 15) is 4.79 Å². The van der Waals surface area contributed by atoms with Crippen LogP contribution in [0.15, 0.2) is 29.3 Å². The molecule has 0 fully saturated rings. The number of amides is 1. The van der Waals surface area contributed by atoms with Gasteiger partial charge in [-0.25, -0.2) is 0 Å². The third-order valence-electron chi connectivity index (χ3n) is 5.07. The Kier molecular flexibility index (Phi) is 11.4. The van der Waals surface area contributed by atoms with Crippen LogP contribution in [0.5, 0.6) is 0 Å². The molecule has 0 saturated heterocycles. The summed E-state index contributed by atoms with van der Waals surface area (Å²) in [6.07, 6.45) is 6.78. The first kappa shape index (κ1) is 23.7. The zero-order chi connectivity index (χ0) is 18.8. The third-order valence-corrected chi connectivity index (χ3v) is 5.07. The molecular formula is C21H35IN4O. The van der Waals surface area contributed by atoms with Crippen molar-refractivity contribution in [1.29, 1.82) is 0 Å². The number of para-hydroxylation sites is 1. The van der Waals surface area contributed by atoms with Gasteiger partial charge in [-0.05, 0) is 30.4 Å². The molecule has 1 aliphatic heterocycles. The number of hydrogen-bond donors (Lipinski definition) is 3. The molecule has 0 aromatic heterocycles. The molecule has 0 aliphatic carbocycles. The largest absolute Gasteiger partial charge is 0.356 e. The molecule has 0 radical (unpaired) electrons. The van der Waals surface area contributed by atoms with Crippen LogP contribution >= 0.6 is 24.0 Å². The second-order valence-corrected chi connectivity index (χ2v) is 7.17. The number of anilines is 1. The summed E-state index contributed by atoms with van der Waals surface area (Å²) in [5, 5.41) is 9.84. The number of nitrogens with one attached hydrogen (secondary N) is 3. The van der Waals surface area contributed by atoms with E-state index in [-0.39, 0.29) is 35.8 Å². The first-order valence-electron chi connectivity index (χ1n) is 10.0. The zero-order valence-electron chi connectivity index (χ0n) is 16.9. The van der Waals surface area contributed by atoms with Crippen molar-refractivity contribution in [2.75, 3.05) is 25.5 Å². The van der Waals surface area contributed by atoms with Crippen molar-refractivity contribution in [2.24, 2.45) is 10.9 Å². The summed E-state index contributed by atoms with van der Waals surface area (Å²) in [5.41, 5.74) is 2.13. The van der Waals surface area contributed by atoms with Gasteiger partial charge in [0.2, 0.25) is 5.91 Å². The quantitative estimate of drug-likeness (QED) is 0.274. The standard InChI is InChI=1S/C21H34N4O.HI/c1-4-6-10-16(9-5-2)14-23-21(22-3)24-15-17-13-20(26)25-19-12-8-7-11-18(17)19;/h7-8,11-12,16-17H,4-6,9-10,13-15H2,1-3H3,(H,25,26)(H2,22,23,24);1H. The van der Waals surface area contributed by atoms with Crippen molar-refractivity contribution < 1.29 is 4.79 Å². The molecule has 1 heterocycles. The van der Waals surface area contributed by atoms with Gasteiger partial charge in [-0.15, -0.1) is 24.0 Å². The summed E-state index contributed by atoms with van der Waals surface area (Å²) in [7, 11) is 1.80. The Bertz CT molecular complexity index is 606. The number of hydrogen-bond acceptors (Lipinski definition) is 2. The van der Waals surface area contributed by atoms with Gasteiger partial charge in [-0.3, -0.25) is 9.79 Å². The van der Waals surface area contributed by atoms with Gasteiger partial charge in [0.05, 0.1) is 0 Å². The summed E-state index contributed by atoms with van der Waals surface area (Å²) in [5.74, 6) is 1.77. The van der Waals surface area contributed by atoms with Gasteiger partial charge in [0.1, 0.15) is 0 Å². The molecule has 0 bridgehead atoms. The molecule has 1 aliphatic rings. The Morgan fingerprint density at radius 2 is 2.00 bits per heavy atom. The topological polar surface area (TPSA) is 65.5 Å². The van der Waals surface area contributed by atoms with Crippen LogP contribution in [0.4, 0.5) is 5.69 Å². The fourth-order valence-corrected chi connectivity index (χ4v) is 3.61. The van der Waals surface area contributed by atoms with E-state index in [0.717, 1.165) is 18.2 Å². The average Bonchev–Trinajstić information content (AvgIpc) is 2.65. The van der Waals surface area contributed by atoms with E-state index >= 15 is 0 Å². The zero-order valence-corrected chi connectivity index (χ0v) is 19.2. The Morgan fingerprint density at radius 3 is 2.70 bits per heavy atom. The number of carbonyl (C=O) groups excluding carboxylic acids is 1. The lowest BCUT2D eigenvalue weighted by molar-refractivity contribution is -0.116. The molecular weight excluding hydrogens is 451 g/mol. The maximum atomic E-state index is 12.0. The number of aliphatic imine (C=N–C) groups is 1. The van der Waals surface area contributed by atoms with Crippen molar-refractivity contribution >= 4 is 41.5 Å². The minimum Gasteiger partial charge on any atom is -0.356 e. The van der Waals surface area contributed by atoms with Crippen molar-refractivity contribution in [3.8, 4) is 0 Å². The second kappa shape index (κ2) is 13.0. The molecule has 1 aromatic carbocycles. The second-order valence-electron chi connectivity index (χ2n) is 7.17. The Hall–Kier alpha value is -1.31. The highest BCUT2D eigenvalue weighted by Gasteiger charge is 2.24. The number of halogens is 1. The van der Waals surface area contributed by atoms with E-state index in [4.69, 9.17) is 0 Å². The summed E-state index contributed by atoms with van der Waals surface area (Å²) in [4.78, 5) is 16.3. The van der Waals surface area contributed by atoms with Gasteiger partial charge in [-0.1, -0.05) is 51.3 Å². The highest BCUT2D eigenvalue weighted by molar-refractivity contribution is 14.0. The molecule has 152 valence electrons. The number of unbranched alkanes of at least 4 members (excludes halogenated alkanes) is 1. The summed E-state index contributed by atoms with van der Waals surface area (Å²) < 4.78 is 0. The number of guanidine groups is 1. The molecule has 1 aromatic rings. The number of benzene rings is 1. The fourth-order valence-electron chi connectivity index (χ4n) is 3.61. The first-order chi connectivity index (χ1) is 12.7. The number of rotatable bonds is 9. The van der Waals surface area contributed by atoms with Crippen molar-refractivity contribution in [3.63, 3.8) is 0 Å². The van der Waals surface area contributed by atoms with Gasteiger partial charge in [0.15, 0.2) is 5.96 Å². The Balaban J connectivity index is 0.00000364. The van der Waals surface area contributed by atoms with Crippen molar-refractivity contribution in [2.45, 2.75) is 58.3 Å². The summed E-state index contributed by atoms with van der Waals surface area (Å²) >= 11 is 0. The lowest BCUT2D eigenvalue weighted by Gasteiger charge is -2.26. The monoisotopic (exact) mass is 486 g/mol. The number of carbonyl (C=O) groups is 1. The highest BCUT2D eigenvalue weighted by Crippen LogP contribution is 2.31. The van der Waals surface area contributed by atoms with Gasteiger partial charge in [0.25, 0.3) is 0 Å². The van der Waals surface area contributed by atoms with Gasteiger partial charge in [0, 0.05) is 38.2 Å². The van der Waals surface area contributed by atoms with E-state index in [1.165, 1.54) is 37.7 Å². The van der Waals surface area contributed by atoms with Gasteiger partial charge >= 0.3 is 0 Å². The molecule has 27 heavy (non-hydrogen) atoms. The van der Waals surface area contributed by atoms with Crippen LogP contribution in [0, 0.1) is 5.92 Å². The van der Waals surface area contributed by atoms with Crippen LogP contribution in [0.1, 0.15) is 63.9 Å². The SMILES string of the molecule is CCCCC(CCC)CNC(=NC)NCC1CC(=O)Nc2ccccc21.I. The Morgan fingerprint density at radius 1 is 1.22 bits per heavy atom. The van der Waals surface area contributed by atoms with Crippen LogP contribution in [-0.4, -0.2) is 32.0 Å². The van der Waals surface area contributed by atoms with E-state index < -0.39 is 0 Å². The van der Waals surface area contributed by atoms with Crippen molar-refractivity contribution in [3.05, 3.63) is 29.8 Å². The number of nitrogens with zero attached hydrogens (tertiary/aromatic N) is 1. The minimum absolute atomic E-state index is 0. The predicted octanol–water partition coefficient (Wildman–Crippen LogP) is 4.50. The third kappa shape index (κ3) is 7.68. The average molecular weight is 486 g/mol. The predicted molar refractivity (Wildman–Crippen MR) is 125 cm³/mol. The molecule has 2 atom stereocenters. The molecule has 2 rings (SSSR count). The van der Waals surface area contributed by atoms with Gasteiger partial charge in [-0.2, -0.15) is 0 Å². The maximum Gasteiger partial charge on any atom is 0.225 e. The summed E-state index contributed by atoms with van der Waals surface area (Å²) in [6, 6.07) is 8.05. The molecule has 5 nitrogen and oxygen atoms in total. The van der Waals surface area contributed by atoms with Crippen LogP contribution in [-0.2, 0) is 4.79 Å². The van der Waals surface area contributed by atoms with E-state index in [2.05, 4.69) is 40.9 Å². The fraction of sp³-hybridized carbons (Fsp3) is 0.619. The molecule has 6 heteroatoms. The van der Waals surface area contributed by atoms with Crippen LogP contribution in [0.25, 0.3) is 0 Å². The van der Waals surface area contributed by atoms with E-state index in [1.807, 2.05) is 18.2 Å². The highest BCUT2D eigenvalue weighted by atomic mass is 127. The normalized spacial score (nSPS) is 17.4. The number of fused-ring (bicyclic) bond motifs is 1. The van der Waals surface area contributed by atoms with E-state index in [1.54, 1.807) is 7.05 Å². The lowest BCUT2D eigenvalue weighted by atomic mass is 9.90. The van der Waals surface area contributed by atoms with Crippen molar-refractivity contribution in [1.82, 2.24) is 10.6 Å².